The van der Waals surface area contributed by atoms with E-state index in [2.05, 4.69) is 143 Å². The highest BCUT2D eigenvalue weighted by molar-refractivity contribution is 6.12. The van der Waals surface area contributed by atoms with Gasteiger partial charge in [0.2, 0.25) is 0 Å². The van der Waals surface area contributed by atoms with E-state index in [4.69, 9.17) is 0 Å². The van der Waals surface area contributed by atoms with Crippen molar-refractivity contribution in [1.82, 2.24) is 4.57 Å². The van der Waals surface area contributed by atoms with Gasteiger partial charge in [-0.15, -0.1) is 0 Å². The van der Waals surface area contributed by atoms with Gasteiger partial charge in [0.25, 0.3) is 0 Å². The topological polar surface area (TPSA) is 55.8 Å². The number of fused-ring (bicyclic) bond motifs is 5. The maximum atomic E-state index is 10.6. The molecule has 0 saturated carbocycles. The first kappa shape index (κ1) is 28.8. The number of aromatic nitrogens is 1. The number of hydrogen-bond donors (Lipinski definition) is 0. The van der Waals surface area contributed by atoms with Crippen molar-refractivity contribution in [3.63, 3.8) is 0 Å². The zero-order chi connectivity index (χ0) is 32.9. The van der Waals surface area contributed by atoms with Crippen LogP contribution in [-0.4, -0.2) is 11.1 Å². The minimum atomic E-state index is 0.409. The Bertz CT molecular complexity index is 2490. The maximum absolute atomic E-state index is 10.6. The first-order valence-corrected chi connectivity index (χ1v) is 17.0. The first-order valence-electron chi connectivity index (χ1n) is 17.0. The summed E-state index contributed by atoms with van der Waals surface area (Å²) in [5.41, 5.74) is 14.2. The molecule has 2 aliphatic carbocycles. The number of nitrogens with zero attached hydrogens (tertiary/aromatic N) is 4. The maximum Gasteiger partial charge on any atom is 0.101 e. The van der Waals surface area contributed by atoms with Crippen molar-refractivity contribution in [3.05, 3.63) is 161 Å². The molecule has 5 aromatic carbocycles. The number of allylic oxidation sites excluding steroid dienone is 6. The van der Waals surface area contributed by atoms with Crippen molar-refractivity contribution in [1.29, 1.82) is 10.5 Å². The van der Waals surface area contributed by atoms with Gasteiger partial charge in [0.1, 0.15) is 12.1 Å². The molecule has 9 rings (SSSR count). The van der Waals surface area contributed by atoms with Gasteiger partial charge < -0.3 is 9.47 Å². The Labute approximate surface area is 286 Å². The van der Waals surface area contributed by atoms with Gasteiger partial charge in [-0.2, -0.15) is 10.5 Å². The molecule has 1 aliphatic heterocycles. The van der Waals surface area contributed by atoms with E-state index in [1.54, 1.807) is 0 Å². The van der Waals surface area contributed by atoms with Gasteiger partial charge in [-0.1, -0.05) is 103 Å². The van der Waals surface area contributed by atoms with Crippen LogP contribution in [0, 0.1) is 22.7 Å². The van der Waals surface area contributed by atoms with Gasteiger partial charge in [0, 0.05) is 56.7 Å². The second-order valence-corrected chi connectivity index (χ2v) is 12.9. The lowest BCUT2D eigenvalue weighted by molar-refractivity contribution is 0.964. The van der Waals surface area contributed by atoms with E-state index >= 15 is 0 Å². The normalized spacial score (nSPS) is 15.3. The smallest absolute Gasteiger partial charge is 0.101 e. The predicted octanol–water partition coefficient (Wildman–Crippen LogP) is 11.2. The molecule has 1 aromatic heterocycles. The van der Waals surface area contributed by atoms with E-state index in [1.807, 2.05) is 12.1 Å². The van der Waals surface area contributed by atoms with Crippen molar-refractivity contribution in [2.24, 2.45) is 0 Å². The molecule has 0 spiro atoms. The third-order valence-corrected chi connectivity index (χ3v) is 10.3. The second kappa shape index (κ2) is 11.7. The Hall–Kier alpha value is -6.36. The SMILES string of the molecule is N#Cc1c(C2=C(n3c4ccccc4c4ccccc43)CCC=C2)ccc(-c2ccc(N3CC4=C(CCC=C4)c4ccccc43)cc2)c1C#N. The zero-order valence-corrected chi connectivity index (χ0v) is 27.0. The molecule has 3 aliphatic rings. The summed E-state index contributed by atoms with van der Waals surface area (Å²) in [4.78, 5) is 2.38. The third-order valence-electron chi connectivity index (χ3n) is 10.3. The number of nitriles is 2. The number of rotatable bonds is 4. The van der Waals surface area contributed by atoms with E-state index < -0.39 is 0 Å². The minimum Gasteiger partial charge on any atom is -0.336 e. The van der Waals surface area contributed by atoms with E-state index in [9.17, 15) is 10.5 Å². The summed E-state index contributed by atoms with van der Waals surface area (Å²) >= 11 is 0. The van der Waals surface area contributed by atoms with Crippen LogP contribution < -0.4 is 4.90 Å². The summed E-state index contributed by atoms with van der Waals surface area (Å²) in [5.74, 6) is 0. The fraction of sp³-hybridized carbons (Fsp3) is 0.111. The highest BCUT2D eigenvalue weighted by Crippen LogP contribution is 2.44. The van der Waals surface area contributed by atoms with Crippen molar-refractivity contribution < 1.29 is 0 Å². The Balaban J connectivity index is 1.14. The number of anilines is 2. The molecule has 0 N–H and O–H groups in total. The molecule has 232 valence electrons. The van der Waals surface area contributed by atoms with Crippen molar-refractivity contribution >= 4 is 50.0 Å². The predicted molar refractivity (Wildman–Crippen MR) is 201 cm³/mol. The van der Waals surface area contributed by atoms with E-state index in [0.717, 1.165) is 76.9 Å². The van der Waals surface area contributed by atoms with Gasteiger partial charge in [0.15, 0.2) is 0 Å². The van der Waals surface area contributed by atoms with Crippen LogP contribution in [0.5, 0.6) is 0 Å². The fourth-order valence-electron chi connectivity index (χ4n) is 8.08. The first-order chi connectivity index (χ1) is 24.2. The van der Waals surface area contributed by atoms with Gasteiger partial charge in [0.05, 0.1) is 22.2 Å². The lowest BCUT2D eigenvalue weighted by Crippen LogP contribution is -2.25. The molecule has 0 fully saturated rings. The molecular formula is C45H32N4. The molecule has 0 bridgehead atoms. The lowest BCUT2D eigenvalue weighted by atomic mass is 9.86. The lowest BCUT2D eigenvalue weighted by Gasteiger charge is -2.35. The number of benzene rings is 5. The van der Waals surface area contributed by atoms with Crippen LogP contribution in [0.15, 0.2) is 139 Å². The van der Waals surface area contributed by atoms with Gasteiger partial charge in [-0.05, 0) is 72.7 Å². The molecule has 0 radical (unpaired) electrons. The van der Waals surface area contributed by atoms with Gasteiger partial charge >= 0.3 is 0 Å². The summed E-state index contributed by atoms with van der Waals surface area (Å²) < 4.78 is 2.35. The monoisotopic (exact) mass is 628 g/mol. The Morgan fingerprint density at radius 3 is 1.96 bits per heavy atom. The molecule has 2 heterocycles. The number of hydrogen-bond acceptors (Lipinski definition) is 3. The molecule has 0 amide bonds. The highest BCUT2D eigenvalue weighted by atomic mass is 15.1. The summed E-state index contributed by atoms with van der Waals surface area (Å²) in [7, 11) is 0. The quantitative estimate of drug-likeness (QED) is 0.195. The van der Waals surface area contributed by atoms with Crippen molar-refractivity contribution in [2.45, 2.75) is 25.7 Å². The molecule has 6 aromatic rings. The summed E-state index contributed by atoms with van der Waals surface area (Å²) in [5, 5.41) is 23.6. The van der Waals surface area contributed by atoms with Crippen molar-refractivity contribution in [3.8, 4) is 23.3 Å². The van der Waals surface area contributed by atoms with Crippen molar-refractivity contribution in [2.75, 3.05) is 11.4 Å². The Kier molecular flexibility index (Phi) is 6.89. The van der Waals surface area contributed by atoms with Crippen LogP contribution in [-0.2, 0) is 0 Å². The summed E-state index contributed by atoms with van der Waals surface area (Å²) in [6, 6.07) is 43.0. The highest BCUT2D eigenvalue weighted by Gasteiger charge is 2.26. The third kappa shape index (κ3) is 4.57. The van der Waals surface area contributed by atoms with Crippen LogP contribution in [0.2, 0.25) is 0 Å². The molecule has 0 atom stereocenters. The average Bonchev–Trinajstić information content (AvgIpc) is 3.51. The molecule has 4 nitrogen and oxygen atoms in total. The molecule has 4 heteroatoms. The molecule has 0 saturated heterocycles. The number of para-hydroxylation sites is 3. The van der Waals surface area contributed by atoms with Crippen LogP contribution in [0.4, 0.5) is 11.4 Å². The summed E-state index contributed by atoms with van der Waals surface area (Å²) in [6.07, 6.45) is 12.8. The Morgan fingerprint density at radius 2 is 1.20 bits per heavy atom. The van der Waals surface area contributed by atoms with E-state index in [0.29, 0.717) is 11.1 Å². The Morgan fingerprint density at radius 1 is 0.571 bits per heavy atom. The van der Waals surface area contributed by atoms with Gasteiger partial charge in [-0.25, -0.2) is 0 Å². The second-order valence-electron chi connectivity index (χ2n) is 12.9. The van der Waals surface area contributed by atoms with Crippen LogP contribution in [0.25, 0.3) is 49.8 Å². The molecular weight excluding hydrogens is 597 g/mol. The fourth-order valence-corrected chi connectivity index (χ4v) is 8.08. The standard InChI is InChI=1S/C45H32N4/c46-27-40-34(30-21-23-32(24-22-30)48-29-31-11-1-2-12-33(31)36-13-3-7-17-42(36)48)25-26-35(41(40)28-47)37-14-4-8-18-43(37)49-44-19-9-5-15-38(44)39-16-6-10-20-45(39)49/h1,3-7,9-11,13-17,19-26H,2,8,12,18,29H2. The zero-order valence-electron chi connectivity index (χ0n) is 27.0. The largest absolute Gasteiger partial charge is 0.336 e. The van der Waals surface area contributed by atoms with Crippen LogP contribution in [0.1, 0.15) is 47.9 Å². The molecule has 0 unspecified atom stereocenters. The minimum absolute atomic E-state index is 0.409. The van der Waals surface area contributed by atoms with E-state index in [1.165, 1.54) is 33.2 Å². The van der Waals surface area contributed by atoms with Gasteiger partial charge in [-0.3, -0.25) is 0 Å². The van der Waals surface area contributed by atoms with E-state index in [-0.39, 0.29) is 0 Å². The van der Waals surface area contributed by atoms with Crippen LogP contribution >= 0.6 is 0 Å². The molecule has 49 heavy (non-hydrogen) atoms. The average molecular weight is 629 g/mol. The summed E-state index contributed by atoms with van der Waals surface area (Å²) in [6.45, 7) is 0.829. The van der Waals surface area contributed by atoms with Crippen LogP contribution in [0.3, 0.4) is 0 Å².